The molecule has 0 radical (unpaired) electrons. The molecule has 4 aliphatic heterocycles. The van der Waals surface area contributed by atoms with Crippen LogP contribution >= 0.6 is 23.3 Å². The van der Waals surface area contributed by atoms with Gasteiger partial charge in [-0.3, -0.25) is 19.3 Å². The summed E-state index contributed by atoms with van der Waals surface area (Å²) < 4.78 is 18.7. The van der Waals surface area contributed by atoms with Crippen molar-refractivity contribution in [3.8, 4) is 0 Å². The molecule has 2 aromatic heterocycles. The zero-order valence-electron chi connectivity index (χ0n) is 25.9. The number of likely N-dealkylation sites (tertiary alicyclic amines) is 2. The zero-order valence-corrected chi connectivity index (χ0v) is 27.5. The Labute approximate surface area is 283 Å². The molecule has 0 bridgehead atoms. The predicted octanol–water partition coefficient (Wildman–Crippen LogP) is -2.08. The van der Waals surface area contributed by atoms with Gasteiger partial charge in [0.25, 0.3) is 11.8 Å². The Kier molecular flexibility index (Phi) is 9.28. The lowest BCUT2D eigenvalue weighted by molar-refractivity contribution is -0.738. The molecule has 49 heavy (non-hydrogen) atoms. The van der Waals surface area contributed by atoms with Crippen LogP contribution in [-0.2, 0) is 30.5 Å². The van der Waals surface area contributed by atoms with Gasteiger partial charge >= 0.3 is 17.8 Å². The lowest BCUT2D eigenvalue weighted by atomic mass is 10.0. The molecule has 6 rings (SSSR count). The highest BCUT2D eigenvalue weighted by Crippen LogP contribution is 2.41. The quantitative estimate of drug-likeness (QED) is 0.0749. The molecule has 3 fully saturated rings. The second kappa shape index (κ2) is 13.4. The number of nitrogens with zero attached hydrogens (tertiary/aromatic N) is 6. The molecule has 0 aromatic carbocycles. The average Bonchev–Trinajstić information content (AvgIpc) is 3.87. The first kappa shape index (κ1) is 33.8. The molecule has 5 amide bonds. The SMILES string of the molecule is Cc1oc(=O)oc1COC(=O)N1CCC(N2CC/C(=C\C3=C(C(=O)[NH+](C)[O-])N4C(=O)[C@@H](NC(=O)/C(=N\O)c5nsc(N)n5)[C@H]4SC3)C2=O)C1. The number of rotatable bonds is 8. The van der Waals surface area contributed by atoms with E-state index in [2.05, 4.69) is 19.8 Å². The summed E-state index contributed by atoms with van der Waals surface area (Å²) in [5.74, 6) is -3.56. The van der Waals surface area contributed by atoms with E-state index >= 15 is 0 Å². The standard InChI is InChI=1S/C27H29N9O11S2/c1-11-15(47-27(42)46-11)9-45-26(41)34-5-4-14(8-34)35-6-3-12(21(35)38)7-13-10-48-24-17(22(39)36(24)18(13)23(40)33(2)44)29-20(37)16(31-43)19-30-25(28)49-32-19/h7,14,17,24,33,43H,3-6,8-10H2,1-2H3,(H,29,37)(H2,28,30,32)/b12-7+,31-16-/t14?,17-,24-/m1/s1. The summed E-state index contributed by atoms with van der Waals surface area (Å²) in [6.07, 6.45) is 1.70. The van der Waals surface area contributed by atoms with Gasteiger partial charge in [-0.2, -0.15) is 9.36 Å². The minimum atomic E-state index is -1.13. The van der Waals surface area contributed by atoms with E-state index in [9.17, 15) is 39.2 Å². The van der Waals surface area contributed by atoms with Crippen molar-refractivity contribution >= 4 is 63.9 Å². The highest BCUT2D eigenvalue weighted by Gasteiger charge is 2.55. The summed E-state index contributed by atoms with van der Waals surface area (Å²) in [7, 11) is 1.07. The normalized spacial score (nSPS) is 24.0. The number of hydrogen-bond acceptors (Lipinski definition) is 17. The number of anilines is 1. The summed E-state index contributed by atoms with van der Waals surface area (Å²) in [5.41, 5.74) is 5.48. The number of likely N-dealkylation sites (N-methyl/N-ethyl adjacent to an activating group) is 1. The Bertz CT molecular complexity index is 1880. The lowest BCUT2D eigenvalue weighted by Crippen LogP contribution is -3.07. The van der Waals surface area contributed by atoms with Crippen LogP contribution in [0.1, 0.15) is 30.2 Å². The van der Waals surface area contributed by atoms with Gasteiger partial charge < -0.3 is 49.9 Å². The highest BCUT2D eigenvalue weighted by atomic mass is 32.2. The maximum atomic E-state index is 13.5. The van der Waals surface area contributed by atoms with Crippen LogP contribution in [-0.4, -0.2) is 115 Å². The van der Waals surface area contributed by atoms with E-state index in [1.807, 2.05) is 0 Å². The van der Waals surface area contributed by atoms with Gasteiger partial charge in [0.2, 0.25) is 17.4 Å². The largest absolute Gasteiger partial charge is 0.627 e. The number of quaternary nitrogens is 1. The van der Waals surface area contributed by atoms with Gasteiger partial charge in [0, 0.05) is 42.5 Å². The van der Waals surface area contributed by atoms with Crippen molar-refractivity contribution in [1.29, 1.82) is 0 Å². The molecule has 2 unspecified atom stereocenters. The van der Waals surface area contributed by atoms with Gasteiger partial charge in [-0.1, -0.05) is 5.16 Å². The van der Waals surface area contributed by atoms with E-state index in [0.29, 0.717) is 37.1 Å². The number of carbonyl (C=O) groups is 5. The highest BCUT2D eigenvalue weighted by molar-refractivity contribution is 8.00. The number of oxime groups is 1. The van der Waals surface area contributed by atoms with Crippen molar-refractivity contribution < 1.29 is 47.8 Å². The Morgan fingerprint density at radius 2 is 2.04 bits per heavy atom. The topological polar surface area (TPSA) is 272 Å². The summed E-state index contributed by atoms with van der Waals surface area (Å²) >= 11 is 1.98. The number of aromatic nitrogens is 2. The number of hydrogen-bond donors (Lipinski definition) is 4. The fourth-order valence-corrected chi connectivity index (χ4v) is 7.62. The molecule has 20 nitrogen and oxygen atoms in total. The number of hydroxylamine groups is 2. The number of thioether (sulfide) groups is 1. The maximum absolute atomic E-state index is 13.5. The number of ether oxygens (including phenoxy) is 1. The van der Waals surface area contributed by atoms with Crippen LogP contribution in [0.3, 0.4) is 0 Å². The molecule has 4 atom stereocenters. The first-order valence-electron chi connectivity index (χ1n) is 14.8. The number of aryl methyl sites for hydroxylation is 1. The Hall–Kier alpha value is -5.06. The van der Waals surface area contributed by atoms with E-state index in [1.54, 1.807) is 4.90 Å². The number of nitrogen functional groups attached to an aromatic ring is 1. The monoisotopic (exact) mass is 719 g/mol. The van der Waals surface area contributed by atoms with Crippen molar-refractivity contribution in [1.82, 2.24) is 29.4 Å². The number of carbonyl (C=O) groups excluding carboxylic acids is 5. The molecular weight excluding hydrogens is 690 g/mol. The maximum Gasteiger partial charge on any atom is 0.519 e. The third-order valence-electron chi connectivity index (χ3n) is 8.32. The van der Waals surface area contributed by atoms with Gasteiger partial charge in [0.1, 0.15) is 11.4 Å². The zero-order chi connectivity index (χ0) is 35.1. The van der Waals surface area contributed by atoms with Gasteiger partial charge in [-0.25, -0.2) is 14.4 Å². The lowest BCUT2D eigenvalue weighted by Gasteiger charge is -2.49. The van der Waals surface area contributed by atoms with Crippen molar-refractivity contribution in [2.75, 3.05) is 38.2 Å². The second-order valence-electron chi connectivity index (χ2n) is 11.3. The minimum absolute atomic E-state index is 0.0290. The Balaban J connectivity index is 1.13. The number of nitrogens with one attached hydrogen (secondary N) is 2. The molecule has 0 saturated carbocycles. The number of fused-ring (bicyclic) bond motifs is 1. The fourth-order valence-electron chi connectivity index (χ4n) is 5.88. The first-order valence-corrected chi connectivity index (χ1v) is 16.6. The Morgan fingerprint density at radius 3 is 2.69 bits per heavy atom. The molecule has 2 aromatic rings. The van der Waals surface area contributed by atoms with Gasteiger partial charge in [0.05, 0.1) is 13.1 Å². The van der Waals surface area contributed by atoms with Crippen molar-refractivity contribution in [3.63, 3.8) is 0 Å². The van der Waals surface area contributed by atoms with Crippen LogP contribution in [0.5, 0.6) is 0 Å². The van der Waals surface area contributed by atoms with Crippen LogP contribution in [0, 0.1) is 12.1 Å². The van der Waals surface area contributed by atoms with Crippen molar-refractivity contribution in [2.24, 2.45) is 5.16 Å². The van der Waals surface area contributed by atoms with Crippen LogP contribution < -0.4 is 21.9 Å². The number of amides is 5. The smallest absolute Gasteiger partial charge is 0.519 e. The Morgan fingerprint density at radius 1 is 1.27 bits per heavy atom. The molecule has 6 heterocycles. The van der Waals surface area contributed by atoms with Crippen LogP contribution in [0.2, 0.25) is 0 Å². The van der Waals surface area contributed by atoms with Crippen molar-refractivity contribution in [3.05, 3.63) is 56.1 Å². The van der Waals surface area contributed by atoms with Gasteiger partial charge in [-0.05, 0) is 31.4 Å². The molecule has 0 spiro atoms. The van der Waals surface area contributed by atoms with E-state index in [0.717, 1.165) is 23.5 Å². The summed E-state index contributed by atoms with van der Waals surface area (Å²) in [5, 5.41) is 25.5. The van der Waals surface area contributed by atoms with Crippen LogP contribution in [0.25, 0.3) is 0 Å². The molecule has 260 valence electrons. The van der Waals surface area contributed by atoms with E-state index < -0.39 is 51.8 Å². The first-order chi connectivity index (χ1) is 23.4. The second-order valence-corrected chi connectivity index (χ2v) is 13.2. The van der Waals surface area contributed by atoms with E-state index in [-0.39, 0.29) is 59.0 Å². The van der Waals surface area contributed by atoms with E-state index in [1.165, 1.54) is 29.7 Å². The number of β-lactam (4-membered cyclic amide) rings is 1. The summed E-state index contributed by atoms with van der Waals surface area (Å²) in [4.78, 5) is 84.7. The number of allylic oxidation sites excluding steroid dienone is 1. The van der Waals surface area contributed by atoms with Crippen LogP contribution in [0.15, 0.2) is 41.7 Å². The predicted molar refractivity (Wildman–Crippen MR) is 167 cm³/mol. The summed E-state index contributed by atoms with van der Waals surface area (Å²) in [6.45, 7) is 2.11. The number of nitrogens with two attached hydrogens (primary N) is 1. The third-order valence-corrected chi connectivity index (χ3v) is 10.2. The molecule has 5 N–H and O–H groups in total. The van der Waals surface area contributed by atoms with Gasteiger partial charge in [0.15, 0.2) is 29.0 Å². The summed E-state index contributed by atoms with van der Waals surface area (Å²) in [6, 6.07) is -1.43. The molecular formula is C27H29N9O11S2. The molecule has 22 heteroatoms. The fraction of sp³-hybridized carbons (Fsp3) is 0.444. The van der Waals surface area contributed by atoms with Crippen molar-refractivity contribution in [2.45, 2.75) is 43.8 Å². The molecule has 4 aliphatic rings. The van der Waals surface area contributed by atoms with Gasteiger partial charge in [-0.15, -0.1) is 11.8 Å². The molecule has 0 aliphatic carbocycles. The molecule has 3 saturated heterocycles. The van der Waals surface area contributed by atoms with E-state index in [4.69, 9.17) is 19.3 Å². The average molecular weight is 720 g/mol. The minimum Gasteiger partial charge on any atom is -0.627 e. The third kappa shape index (κ3) is 6.41. The van der Waals surface area contributed by atoms with Crippen LogP contribution in [0.4, 0.5) is 9.93 Å².